The standard InChI is InChI=1S/C17H17ClF2N2O/c1-10(15-7-6-13(19)9-16(15)20)21-11(2)17(23)22-14-5-3-4-12(18)8-14/h3-11,21H,1-2H3,(H,22,23)/p+1/t10-,11-/m0/s1. The number of carbonyl (C=O) groups excluding carboxylic acids is 1. The molecule has 0 aromatic heterocycles. The molecule has 0 aliphatic rings. The Labute approximate surface area is 138 Å². The van der Waals surface area contributed by atoms with E-state index in [1.807, 2.05) is 0 Å². The smallest absolute Gasteiger partial charge is 0.282 e. The highest BCUT2D eigenvalue weighted by atomic mass is 35.5. The Hall–Kier alpha value is -1.98. The number of nitrogens with one attached hydrogen (secondary N) is 1. The van der Waals surface area contributed by atoms with Crippen molar-refractivity contribution in [1.82, 2.24) is 0 Å². The Morgan fingerprint density at radius 1 is 1.17 bits per heavy atom. The molecule has 0 heterocycles. The second-order valence-electron chi connectivity index (χ2n) is 5.44. The lowest BCUT2D eigenvalue weighted by Gasteiger charge is -2.17. The zero-order valence-corrected chi connectivity index (χ0v) is 13.6. The van der Waals surface area contributed by atoms with Gasteiger partial charge in [-0.05, 0) is 44.2 Å². The van der Waals surface area contributed by atoms with Crippen LogP contribution in [0.25, 0.3) is 0 Å². The van der Waals surface area contributed by atoms with Gasteiger partial charge in [0.05, 0.1) is 0 Å². The Balaban J connectivity index is 2.00. The summed E-state index contributed by atoms with van der Waals surface area (Å²) in [7, 11) is 0. The molecule has 0 saturated carbocycles. The molecule has 0 unspecified atom stereocenters. The van der Waals surface area contributed by atoms with Gasteiger partial charge >= 0.3 is 0 Å². The lowest BCUT2D eigenvalue weighted by molar-refractivity contribution is -0.710. The van der Waals surface area contributed by atoms with E-state index in [0.29, 0.717) is 16.3 Å². The molecular formula is C17H18ClF2N2O+. The van der Waals surface area contributed by atoms with Crippen LogP contribution in [-0.2, 0) is 4.79 Å². The van der Waals surface area contributed by atoms with Gasteiger partial charge in [-0.3, -0.25) is 4.79 Å². The number of hydrogen-bond acceptors (Lipinski definition) is 1. The largest absolute Gasteiger partial charge is 0.330 e. The molecule has 0 bridgehead atoms. The molecule has 2 aromatic carbocycles. The first-order valence-corrected chi connectivity index (χ1v) is 7.61. The molecule has 6 heteroatoms. The topological polar surface area (TPSA) is 45.7 Å². The summed E-state index contributed by atoms with van der Waals surface area (Å²) in [4.78, 5) is 12.2. The molecule has 2 atom stereocenters. The van der Waals surface area contributed by atoms with Gasteiger partial charge in [0.2, 0.25) is 0 Å². The molecular weight excluding hydrogens is 322 g/mol. The van der Waals surface area contributed by atoms with Crippen molar-refractivity contribution in [2.24, 2.45) is 0 Å². The van der Waals surface area contributed by atoms with Crippen molar-refractivity contribution in [2.75, 3.05) is 5.32 Å². The first kappa shape index (κ1) is 17.4. The number of anilines is 1. The van der Waals surface area contributed by atoms with Crippen LogP contribution in [0.15, 0.2) is 42.5 Å². The van der Waals surface area contributed by atoms with Crippen molar-refractivity contribution in [3.63, 3.8) is 0 Å². The van der Waals surface area contributed by atoms with Gasteiger partial charge in [0.1, 0.15) is 17.7 Å². The molecule has 2 aromatic rings. The molecule has 1 amide bonds. The van der Waals surface area contributed by atoms with Gasteiger partial charge in [0.25, 0.3) is 5.91 Å². The van der Waals surface area contributed by atoms with Gasteiger partial charge in [-0.1, -0.05) is 17.7 Å². The number of hydrogen-bond donors (Lipinski definition) is 2. The van der Waals surface area contributed by atoms with Crippen molar-refractivity contribution in [2.45, 2.75) is 25.9 Å². The first-order chi connectivity index (χ1) is 10.9. The van der Waals surface area contributed by atoms with Gasteiger partial charge < -0.3 is 10.6 Å². The number of carbonyl (C=O) groups is 1. The Bertz CT molecular complexity index is 709. The highest BCUT2D eigenvalue weighted by Crippen LogP contribution is 2.16. The summed E-state index contributed by atoms with van der Waals surface area (Å²) in [6.45, 7) is 3.48. The van der Waals surface area contributed by atoms with Crippen molar-refractivity contribution in [1.29, 1.82) is 0 Å². The maximum Gasteiger partial charge on any atom is 0.282 e. The van der Waals surface area contributed by atoms with E-state index in [2.05, 4.69) is 5.32 Å². The highest BCUT2D eigenvalue weighted by Gasteiger charge is 2.22. The number of benzene rings is 2. The third-order valence-electron chi connectivity index (χ3n) is 3.54. The Kier molecular flexibility index (Phi) is 5.69. The lowest BCUT2D eigenvalue weighted by Crippen LogP contribution is -2.91. The molecule has 0 radical (unpaired) electrons. The summed E-state index contributed by atoms with van der Waals surface area (Å²) in [5.74, 6) is -1.46. The summed E-state index contributed by atoms with van der Waals surface area (Å²) >= 11 is 5.87. The van der Waals surface area contributed by atoms with E-state index in [0.717, 1.165) is 6.07 Å². The van der Waals surface area contributed by atoms with Crippen molar-refractivity contribution in [3.05, 3.63) is 64.7 Å². The fourth-order valence-corrected chi connectivity index (χ4v) is 2.51. The van der Waals surface area contributed by atoms with Crippen LogP contribution in [-0.4, -0.2) is 11.9 Å². The summed E-state index contributed by atoms with van der Waals surface area (Å²) < 4.78 is 26.7. The third-order valence-corrected chi connectivity index (χ3v) is 3.77. The van der Waals surface area contributed by atoms with Crippen molar-refractivity contribution >= 4 is 23.2 Å². The van der Waals surface area contributed by atoms with E-state index < -0.39 is 17.7 Å². The van der Waals surface area contributed by atoms with Crippen molar-refractivity contribution in [3.8, 4) is 0 Å². The van der Waals surface area contributed by atoms with Crippen LogP contribution in [0.1, 0.15) is 25.5 Å². The van der Waals surface area contributed by atoms with E-state index >= 15 is 0 Å². The van der Waals surface area contributed by atoms with Gasteiger partial charge in [0, 0.05) is 22.3 Å². The number of nitrogens with two attached hydrogens (primary N) is 1. The van der Waals surface area contributed by atoms with Gasteiger partial charge in [-0.2, -0.15) is 0 Å². The van der Waals surface area contributed by atoms with Crippen LogP contribution in [0.3, 0.4) is 0 Å². The highest BCUT2D eigenvalue weighted by molar-refractivity contribution is 6.30. The number of amides is 1. The number of halogens is 3. The zero-order valence-electron chi connectivity index (χ0n) is 12.8. The maximum atomic E-state index is 13.8. The zero-order chi connectivity index (χ0) is 17.0. The van der Waals surface area contributed by atoms with Crippen LogP contribution in [0, 0.1) is 11.6 Å². The predicted octanol–water partition coefficient (Wildman–Crippen LogP) is 3.27. The minimum absolute atomic E-state index is 0.221. The Morgan fingerprint density at radius 3 is 2.57 bits per heavy atom. The monoisotopic (exact) mass is 339 g/mol. The normalized spacial score (nSPS) is 13.4. The quantitative estimate of drug-likeness (QED) is 0.863. The summed E-state index contributed by atoms with van der Waals surface area (Å²) in [5, 5.41) is 5.00. The molecule has 0 aliphatic carbocycles. The molecule has 0 spiro atoms. The SMILES string of the molecule is C[C@H]([NH2+][C@@H](C)c1ccc(F)cc1F)C(=O)Nc1cccc(Cl)c1. The average molecular weight is 340 g/mol. The fraction of sp³-hybridized carbons (Fsp3) is 0.235. The van der Waals surface area contributed by atoms with E-state index in [1.165, 1.54) is 12.1 Å². The van der Waals surface area contributed by atoms with Gasteiger partial charge in [-0.15, -0.1) is 0 Å². The molecule has 3 nitrogen and oxygen atoms in total. The Morgan fingerprint density at radius 2 is 1.91 bits per heavy atom. The van der Waals surface area contributed by atoms with Crippen LogP contribution in [0.5, 0.6) is 0 Å². The number of rotatable bonds is 5. The van der Waals surface area contributed by atoms with Crippen LogP contribution < -0.4 is 10.6 Å². The van der Waals surface area contributed by atoms with E-state index in [1.54, 1.807) is 43.4 Å². The van der Waals surface area contributed by atoms with Crippen LogP contribution in [0.4, 0.5) is 14.5 Å². The molecule has 0 fully saturated rings. The molecule has 0 saturated heterocycles. The minimum atomic E-state index is -0.620. The third kappa shape index (κ3) is 4.74. The molecule has 0 aliphatic heterocycles. The average Bonchev–Trinajstić information content (AvgIpc) is 2.46. The van der Waals surface area contributed by atoms with E-state index in [-0.39, 0.29) is 11.9 Å². The first-order valence-electron chi connectivity index (χ1n) is 7.23. The second kappa shape index (κ2) is 7.53. The minimum Gasteiger partial charge on any atom is -0.330 e. The number of quaternary nitrogens is 1. The summed E-state index contributed by atoms with van der Waals surface area (Å²) in [5.41, 5.74) is 0.956. The van der Waals surface area contributed by atoms with Gasteiger partial charge in [-0.25, -0.2) is 8.78 Å². The maximum absolute atomic E-state index is 13.8. The molecule has 3 N–H and O–H groups in total. The second-order valence-corrected chi connectivity index (χ2v) is 5.87. The molecule has 2 rings (SSSR count). The summed E-state index contributed by atoms with van der Waals surface area (Å²) in [6, 6.07) is 9.51. The molecule has 23 heavy (non-hydrogen) atoms. The van der Waals surface area contributed by atoms with E-state index in [9.17, 15) is 13.6 Å². The van der Waals surface area contributed by atoms with E-state index in [4.69, 9.17) is 11.6 Å². The van der Waals surface area contributed by atoms with Gasteiger partial charge in [0.15, 0.2) is 6.04 Å². The predicted molar refractivity (Wildman–Crippen MR) is 86.2 cm³/mol. The van der Waals surface area contributed by atoms with Crippen LogP contribution >= 0.6 is 11.6 Å². The summed E-state index contributed by atoms with van der Waals surface area (Å²) in [6.07, 6.45) is 0. The fourth-order valence-electron chi connectivity index (χ4n) is 2.32. The molecule has 122 valence electrons. The van der Waals surface area contributed by atoms with Crippen molar-refractivity contribution < 1.29 is 18.9 Å². The lowest BCUT2D eigenvalue weighted by atomic mass is 10.1. The van der Waals surface area contributed by atoms with Crippen LogP contribution in [0.2, 0.25) is 5.02 Å².